The second-order valence-corrected chi connectivity index (χ2v) is 4.40. The predicted molar refractivity (Wildman–Crippen MR) is 62.0 cm³/mol. The van der Waals surface area contributed by atoms with Gasteiger partial charge in [0.15, 0.2) is 0 Å². The number of rotatable bonds is 0. The molecule has 0 saturated heterocycles. The van der Waals surface area contributed by atoms with Gasteiger partial charge in [0, 0.05) is 17.6 Å². The third kappa shape index (κ3) is 1.33. The number of aryl methyl sites for hydroxylation is 1. The van der Waals surface area contributed by atoms with Crippen LogP contribution in [0.3, 0.4) is 0 Å². The van der Waals surface area contributed by atoms with Gasteiger partial charge in [-0.25, -0.2) is 4.98 Å². The topological polar surface area (TPSA) is 38.9 Å². The fraction of sp³-hybridized carbons (Fsp3) is 0.250. The largest absolute Gasteiger partial charge is 0.324 e. The third-order valence-electron chi connectivity index (χ3n) is 3.10. The Kier molecular flexibility index (Phi) is 1.94. The first-order valence-electron chi connectivity index (χ1n) is 5.08. The van der Waals surface area contributed by atoms with Crippen LogP contribution in [-0.4, -0.2) is 4.98 Å². The van der Waals surface area contributed by atoms with Crippen molar-refractivity contribution in [3.63, 3.8) is 0 Å². The standard InChI is InChI=1S/C12H11ClN2/c13-11-5-8-2-1-7-3-4-10(14)12(7)9(8)6-15-11/h1-2,5-6,10H,3-4,14H2. The number of aromatic nitrogens is 1. The van der Waals surface area contributed by atoms with Crippen molar-refractivity contribution >= 4 is 22.4 Å². The Morgan fingerprint density at radius 1 is 1.40 bits per heavy atom. The highest BCUT2D eigenvalue weighted by atomic mass is 35.5. The maximum absolute atomic E-state index is 6.09. The summed E-state index contributed by atoms with van der Waals surface area (Å²) < 4.78 is 0. The lowest BCUT2D eigenvalue weighted by molar-refractivity contribution is 0.716. The zero-order valence-corrected chi connectivity index (χ0v) is 8.96. The van der Waals surface area contributed by atoms with E-state index in [1.807, 2.05) is 12.3 Å². The molecule has 15 heavy (non-hydrogen) atoms. The summed E-state index contributed by atoms with van der Waals surface area (Å²) in [5, 5.41) is 2.82. The van der Waals surface area contributed by atoms with Crippen LogP contribution in [0.25, 0.3) is 10.8 Å². The molecule has 0 saturated carbocycles. The Morgan fingerprint density at radius 2 is 2.27 bits per heavy atom. The molecule has 3 rings (SSSR count). The number of nitrogens with two attached hydrogens (primary N) is 1. The van der Waals surface area contributed by atoms with Crippen LogP contribution in [0.4, 0.5) is 0 Å². The number of nitrogens with zero attached hydrogens (tertiary/aromatic N) is 1. The highest BCUT2D eigenvalue weighted by Gasteiger charge is 2.21. The average Bonchev–Trinajstić information content (AvgIpc) is 2.60. The van der Waals surface area contributed by atoms with Crippen molar-refractivity contribution in [3.8, 4) is 0 Å². The smallest absolute Gasteiger partial charge is 0.129 e. The Morgan fingerprint density at radius 3 is 3.13 bits per heavy atom. The van der Waals surface area contributed by atoms with Crippen molar-refractivity contribution in [2.45, 2.75) is 18.9 Å². The zero-order valence-electron chi connectivity index (χ0n) is 8.20. The highest BCUT2D eigenvalue weighted by Crippen LogP contribution is 2.35. The van der Waals surface area contributed by atoms with Crippen LogP contribution in [0.2, 0.25) is 5.15 Å². The van der Waals surface area contributed by atoms with E-state index in [1.54, 1.807) is 0 Å². The van der Waals surface area contributed by atoms with Gasteiger partial charge in [0.1, 0.15) is 5.15 Å². The molecule has 1 atom stereocenters. The second-order valence-electron chi connectivity index (χ2n) is 4.01. The van der Waals surface area contributed by atoms with Gasteiger partial charge in [-0.15, -0.1) is 0 Å². The van der Waals surface area contributed by atoms with Crippen LogP contribution < -0.4 is 5.73 Å². The first-order valence-corrected chi connectivity index (χ1v) is 5.46. The van der Waals surface area contributed by atoms with Gasteiger partial charge in [-0.2, -0.15) is 0 Å². The quantitative estimate of drug-likeness (QED) is 0.691. The fourth-order valence-electron chi connectivity index (χ4n) is 2.37. The summed E-state index contributed by atoms with van der Waals surface area (Å²) >= 11 is 5.86. The first-order chi connectivity index (χ1) is 7.25. The van der Waals surface area contributed by atoms with Crippen LogP contribution in [0.5, 0.6) is 0 Å². The van der Waals surface area contributed by atoms with Gasteiger partial charge in [-0.3, -0.25) is 0 Å². The molecule has 1 heterocycles. The van der Waals surface area contributed by atoms with E-state index >= 15 is 0 Å². The lowest BCUT2D eigenvalue weighted by Crippen LogP contribution is -2.05. The molecule has 0 amide bonds. The monoisotopic (exact) mass is 218 g/mol. The molecule has 0 bridgehead atoms. The molecule has 0 aliphatic heterocycles. The molecule has 1 aromatic heterocycles. The number of fused-ring (bicyclic) bond motifs is 3. The summed E-state index contributed by atoms with van der Waals surface area (Å²) in [6.07, 6.45) is 3.95. The molecule has 3 heteroatoms. The van der Waals surface area contributed by atoms with Gasteiger partial charge >= 0.3 is 0 Å². The van der Waals surface area contributed by atoms with E-state index in [9.17, 15) is 0 Å². The minimum Gasteiger partial charge on any atom is -0.324 e. The normalized spacial score (nSPS) is 19.5. The van der Waals surface area contributed by atoms with E-state index in [-0.39, 0.29) is 6.04 Å². The van der Waals surface area contributed by atoms with Gasteiger partial charge in [-0.1, -0.05) is 23.7 Å². The SMILES string of the molecule is NC1CCc2ccc3cc(Cl)ncc3c21. The van der Waals surface area contributed by atoms with Crippen LogP contribution in [0.15, 0.2) is 24.4 Å². The number of halogens is 1. The maximum Gasteiger partial charge on any atom is 0.129 e. The van der Waals surface area contributed by atoms with Crippen molar-refractivity contribution in [1.82, 2.24) is 4.98 Å². The van der Waals surface area contributed by atoms with Gasteiger partial charge in [0.25, 0.3) is 0 Å². The average molecular weight is 219 g/mol. The Labute approximate surface area is 93.1 Å². The van der Waals surface area contributed by atoms with Gasteiger partial charge < -0.3 is 5.73 Å². The molecule has 2 nitrogen and oxygen atoms in total. The van der Waals surface area contributed by atoms with Gasteiger partial charge in [0.05, 0.1) is 0 Å². The van der Waals surface area contributed by atoms with Crippen LogP contribution in [0, 0.1) is 0 Å². The predicted octanol–water partition coefficient (Wildman–Crippen LogP) is 2.83. The highest BCUT2D eigenvalue weighted by molar-refractivity contribution is 6.30. The Bertz CT molecular complexity index is 536. The summed E-state index contributed by atoms with van der Waals surface area (Å²) in [5.74, 6) is 0. The zero-order chi connectivity index (χ0) is 10.4. The molecular weight excluding hydrogens is 208 g/mol. The molecular formula is C12H11ClN2. The molecule has 76 valence electrons. The number of pyridine rings is 1. The Balaban J connectivity index is 2.38. The molecule has 0 fully saturated rings. The minimum absolute atomic E-state index is 0.159. The van der Waals surface area contributed by atoms with Crippen molar-refractivity contribution in [2.75, 3.05) is 0 Å². The molecule has 2 aromatic rings. The molecule has 1 aromatic carbocycles. The van der Waals surface area contributed by atoms with Gasteiger partial charge in [0.2, 0.25) is 0 Å². The molecule has 2 N–H and O–H groups in total. The Hall–Kier alpha value is -1.12. The summed E-state index contributed by atoms with van der Waals surface area (Å²) in [6, 6.07) is 6.30. The lowest BCUT2D eigenvalue weighted by Gasteiger charge is -2.09. The van der Waals surface area contributed by atoms with Crippen molar-refractivity contribution in [3.05, 3.63) is 40.7 Å². The number of hydrogen-bond donors (Lipinski definition) is 1. The third-order valence-corrected chi connectivity index (χ3v) is 3.30. The van der Waals surface area contributed by atoms with E-state index < -0.39 is 0 Å². The summed E-state index contributed by atoms with van der Waals surface area (Å²) in [7, 11) is 0. The van der Waals surface area contributed by atoms with Crippen LogP contribution in [0.1, 0.15) is 23.6 Å². The molecule has 1 aliphatic carbocycles. The maximum atomic E-state index is 6.09. The fourth-order valence-corrected chi connectivity index (χ4v) is 2.54. The second kappa shape index (κ2) is 3.19. The van der Waals surface area contributed by atoms with E-state index in [1.165, 1.54) is 11.1 Å². The minimum atomic E-state index is 0.159. The van der Waals surface area contributed by atoms with E-state index in [2.05, 4.69) is 17.1 Å². The van der Waals surface area contributed by atoms with E-state index in [4.69, 9.17) is 17.3 Å². The molecule has 1 aliphatic rings. The van der Waals surface area contributed by atoms with Crippen molar-refractivity contribution in [2.24, 2.45) is 5.73 Å². The molecule has 0 radical (unpaired) electrons. The summed E-state index contributed by atoms with van der Waals surface area (Å²) in [6.45, 7) is 0. The van der Waals surface area contributed by atoms with Crippen molar-refractivity contribution < 1.29 is 0 Å². The van der Waals surface area contributed by atoms with E-state index in [0.29, 0.717) is 5.15 Å². The van der Waals surface area contributed by atoms with Crippen LogP contribution >= 0.6 is 11.6 Å². The van der Waals surface area contributed by atoms with Crippen molar-refractivity contribution in [1.29, 1.82) is 0 Å². The number of benzene rings is 1. The number of hydrogen-bond acceptors (Lipinski definition) is 2. The molecule has 0 spiro atoms. The first kappa shape index (κ1) is 9.13. The molecule has 1 unspecified atom stereocenters. The van der Waals surface area contributed by atoms with Crippen LogP contribution in [-0.2, 0) is 6.42 Å². The summed E-state index contributed by atoms with van der Waals surface area (Å²) in [4.78, 5) is 4.13. The lowest BCUT2D eigenvalue weighted by atomic mass is 10.0. The van der Waals surface area contributed by atoms with Gasteiger partial charge in [-0.05, 0) is 35.4 Å². The summed E-state index contributed by atoms with van der Waals surface area (Å²) in [5.41, 5.74) is 8.71. The van der Waals surface area contributed by atoms with E-state index in [0.717, 1.165) is 23.6 Å².